The van der Waals surface area contributed by atoms with Gasteiger partial charge in [-0.05, 0) is 37.3 Å². The Labute approximate surface area is 127 Å². The highest BCUT2D eigenvalue weighted by Gasteiger charge is 2.16. The van der Waals surface area contributed by atoms with Crippen LogP contribution < -0.4 is 5.56 Å². The Balaban J connectivity index is 1.61. The second kappa shape index (κ2) is 5.36. The molecule has 0 aliphatic heterocycles. The van der Waals surface area contributed by atoms with E-state index in [4.69, 9.17) is 0 Å². The van der Waals surface area contributed by atoms with E-state index in [-0.39, 0.29) is 5.56 Å². The van der Waals surface area contributed by atoms with Crippen molar-refractivity contribution in [3.05, 3.63) is 52.1 Å². The molecule has 3 aromatic heterocycles. The molecule has 6 nitrogen and oxygen atoms in total. The zero-order valence-corrected chi connectivity index (χ0v) is 12.2. The lowest BCUT2D eigenvalue weighted by molar-refractivity contribution is 0.641. The molecular formula is C16H17N5O. The third kappa shape index (κ3) is 2.20. The van der Waals surface area contributed by atoms with Gasteiger partial charge in [-0.3, -0.25) is 19.4 Å². The summed E-state index contributed by atoms with van der Waals surface area (Å²) < 4.78 is 1.65. The molecule has 22 heavy (non-hydrogen) atoms. The van der Waals surface area contributed by atoms with Crippen molar-refractivity contribution in [1.82, 2.24) is 24.7 Å². The van der Waals surface area contributed by atoms with Gasteiger partial charge in [0.1, 0.15) is 0 Å². The third-order valence-corrected chi connectivity index (χ3v) is 4.36. The predicted octanol–water partition coefficient (Wildman–Crippen LogP) is 1.64. The second-order valence-corrected chi connectivity index (χ2v) is 5.72. The van der Waals surface area contributed by atoms with E-state index in [0.717, 1.165) is 25.0 Å². The minimum absolute atomic E-state index is 0.0393. The number of fused-ring (bicyclic) bond motifs is 2. The second-order valence-electron chi connectivity index (χ2n) is 5.72. The Hall–Kier alpha value is -2.50. The first kappa shape index (κ1) is 13.2. The summed E-state index contributed by atoms with van der Waals surface area (Å²) in [6.07, 6.45) is 10.2. The van der Waals surface area contributed by atoms with E-state index in [9.17, 15) is 4.79 Å². The number of aromatic nitrogens is 5. The molecule has 1 N–H and O–H groups in total. The topological polar surface area (TPSA) is 76.5 Å². The van der Waals surface area contributed by atoms with Crippen LogP contribution in [0.4, 0.5) is 0 Å². The van der Waals surface area contributed by atoms with Gasteiger partial charge in [0.05, 0.1) is 22.9 Å². The van der Waals surface area contributed by atoms with E-state index < -0.39 is 0 Å². The molecule has 112 valence electrons. The van der Waals surface area contributed by atoms with Crippen molar-refractivity contribution in [3.8, 4) is 0 Å². The van der Waals surface area contributed by atoms with Crippen molar-refractivity contribution in [2.24, 2.45) is 0 Å². The number of aryl methyl sites for hydroxylation is 3. The summed E-state index contributed by atoms with van der Waals surface area (Å²) in [4.78, 5) is 20.8. The number of H-pyrrole nitrogens is 1. The maximum absolute atomic E-state index is 12.4. The average molecular weight is 295 g/mol. The van der Waals surface area contributed by atoms with Crippen LogP contribution in [0.1, 0.15) is 29.8 Å². The summed E-state index contributed by atoms with van der Waals surface area (Å²) in [6.45, 7) is 0.591. The minimum Gasteiger partial charge on any atom is -0.298 e. The lowest BCUT2D eigenvalue weighted by Gasteiger charge is -2.11. The smallest absolute Gasteiger partial charge is 0.262 e. The van der Waals surface area contributed by atoms with Gasteiger partial charge in [-0.15, -0.1) is 0 Å². The predicted molar refractivity (Wildman–Crippen MR) is 82.7 cm³/mol. The summed E-state index contributed by atoms with van der Waals surface area (Å²) in [5.41, 5.74) is 4.37. The van der Waals surface area contributed by atoms with Crippen molar-refractivity contribution in [1.29, 1.82) is 0 Å². The Morgan fingerprint density at radius 2 is 2.18 bits per heavy atom. The highest BCUT2D eigenvalue weighted by Crippen LogP contribution is 2.22. The van der Waals surface area contributed by atoms with E-state index in [0.29, 0.717) is 17.4 Å². The number of nitrogens with one attached hydrogen (secondary N) is 1. The minimum atomic E-state index is -0.0393. The summed E-state index contributed by atoms with van der Waals surface area (Å²) in [5, 5.41) is 8.14. The van der Waals surface area contributed by atoms with Crippen molar-refractivity contribution in [2.75, 3.05) is 0 Å². The van der Waals surface area contributed by atoms with Gasteiger partial charge >= 0.3 is 0 Å². The van der Waals surface area contributed by atoms with Crippen molar-refractivity contribution in [2.45, 2.75) is 38.6 Å². The maximum Gasteiger partial charge on any atom is 0.262 e. The van der Waals surface area contributed by atoms with Crippen LogP contribution in [0.3, 0.4) is 0 Å². The zero-order valence-electron chi connectivity index (χ0n) is 12.2. The molecule has 0 saturated heterocycles. The molecule has 3 aromatic rings. The molecule has 3 heterocycles. The highest BCUT2D eigenvalue weighted by molar-refractivity contribution is 5.75. The van der Waals surface area contributed by atoms with Gasteiger partial charge in [0.15, 0.2) is 0 Å². The van der Waals surface area contributed by atoms with Crippen LogP contribution in [-0.2, 0) is 25.8 Å². The van der Waals surface area contributed by atoms with Crippen LogP contribution >= 0.6 is 0 Å². The fraction of sp³-hybridized carbons (Fsp3) is 0.375. The molecule has 0 aromatic carbocycles. The van der Waals surface area contributed by atoms with Crippen LogP contribution in [0.2, 0.25) is 0 Å². The summed E-state index contributed by atoms with van der Waals surface area (Å²) in [6, 6.07) is 1.76. The van der Waals surface area contributed by atoms with Gasteiger partial charge in [0.2, 0.25) is 0 Å². The fourth-order valence-corrected chi connectivity index (χ4v) is 3.15. The van der Waals surface area contributed by atoms with Crippen molar-refractivity contribution < 1.29 is 0 Å². The fourth-order valence-electron chi connectivity index (χ4n) is 3.15. The largest absolute Gasteiger partial charge is 0.298 e. The monoisotopic (exact) mass is 295 g/mol. The number of hydrogen-bond donors (Lipinski definition) is 1. The summed E-state index contributed by atoms with van der Waals surface area (Å²) >= 11 is 0. The molecule has 0 spiro atoms. The number of pyridine rings is 1. The standard InChI is InChI=1S/C16H17N5O/c22-16-12-9-17-7-5-13(12)18-10-21(16)8-6-15-11-3-1-2-4-14(11)19-20-15/h5,7,9-10H,1-4,6,8H2,(H,19,20). The first-order valence-electron chi connectivity index (χ1n) is 7.67. The van der Waals surface area contributed by atoms with Gasteiger partial charge in [-0.25, -0.2) is 4.98 Å². The van der Waals surface area contributed by atoms with Crippen LogP contribution in [-0.4, -0.2) is 24.7 Å². The van der Waals surface area contributed by atoms with Gasteiger partial charge < -0.3 is 0 Å². The van der Waals surface area contributed by atoms with Crippen LogP contribution in [0.5, 0.6) is 0 Å². The van der Waals surface area contributed by atoms with Crippen LogP contribution in [0, 0.1) is 0 Å². The molecule has 0 unspecified atom stereocenters. The third-order valence-electron chi connectivity index (χ3n) is 4.36. The van der Waals surface area contributed by atoms with Gasteiger partial charge in [0, 0.05) is 31.1 Å². The van der Waals surface area contributed by atoms with E-state index in [1.807, 2.05) is 0 Å². The SMILES string of the molecule is O=c1c2cnccc2ncn1CCc1n[nH]c2c1CCCC2. The van der Waals surface area contributed by atoms with Crippen LogP contribution in [0.25, 0.3) is 10.9 Å². The van der Waals surface area contributed by atoms with Gasteiger partial charge in [-0.1, -0.05) is 0 Å². The normalized spacial score (nSPS) is 14.2. The lowest BCUT2D eigenvalue weighted by Crippen LogP contribution is -2.22. The molecule has 0 fully saturated rings. The van der Waals surface area contributed by atoms with E-state index >= 15 is 0 Å². The zero-order chi connectivity index (χ0) is 14.9. The highest BCUT2D eigenvalue weighted by atomic mass is 16.1. The molecule has 1 aliphatic carbocycles. The van der Waals surface area contributed by atoms with Gasteiger partial charge in [-0.2, -0.15) is 5.10 Å². The molecule has 0 radical (unpaired) electrons. The molecule has 0 atom stereocenters. The first-order valence-corrected chi connectivity index (χ1v) is 7.67. The van der Waals surface area contributed by atoms with Crippen molar-refractivity contribution in [3.63, 3.8) is 0 Å². The summed E-state index contributed by atoms with van der Waals surface area (Å²) in [5.74, 6) is 0. The molecule has 0 bridgehead atoms. The Morgan fingerprint density at radius 3 is 3.14 bits per heavy atom. The Kier molecular flexibility index (Phi) is 3.21. The molecule has 1 aliphatic rings. The number of rotatable bonds is 3. The average Bonchev–Trinajstić information content (AvgIpc) is 2.98. The number of aromatic amines is 1. The van der Waals surface area contributed by atoms with E-state index in [1.165, 1.54) is 24.1 Å². The molecule has 0 amide bonds. The maximum atomic E-state index is 12.4. The molecule has 4 rings (SSSR count). The summed E-state index contributed by atoms with van der Waals surface area (Å²) in [7, 11) is 0. The molecular weight excluding hydrogens is 278 g/mol. The van der Waals surface area contributed by atoms with E-state index in [1.54, 1.807) is 29.4 Å². The first-order chi connectivity index (χ1) is 10.8. The Morgan fingerprint density at radius 1 is 1.27 bits per heavy atom. The number of nitrogens with zero attached hydrogens (tertiary/aromatic N) is 4. The quantitative estimate of drug-likeness (QED) is 0.797. The lowest BCUT2D eigenvalue weighted by atomic mass is 9.95. The number of hydrogen-bond acceptors (Lipinski definition) is 4. The molecule has 0 saturated carbocycles. The Bertz CT molecular complexity index is 880. The molecule has 6 heteroatoms. The van der Waals surface area contributed by atoms with Gasteiger partial charge in [0.25, 0.3) is 5.56 Å². The van der Waals surface area contributed by atoms with Crippen molar-refractivity contribution >= 4 is 10.9 Å². The van der Waals surface area contributed by atoms with Crippen LogP contribution in [0.15, 0.2) is 29.6 Å². The van der Waals surface area contributed by atoms with E-state index in [2.05, 4.69) is 20.2 Å².